The normalized spacial score (nSPS) is 22.5. The van der Waals surface area contributed by atoms with Gasteiger partial charge in [0.05, 0.1) is 24.8 Å². The SMILES string of the molecule is COc1ccc(OCC2CC2)c(-c2ncnc3c(C(=O)NC4CCC(C5CCCCN5NC(=O)OC(C)(C)C)CC4)c[nH]c23)c1. The minimum atomic E-state index is -0.536. The molecule has 0 radical (unpaired) electrons. The average molecular weight is 619 g/mol. The molecule has 1 saturated heterocycles. The Hall–Kier alpha value is -3.86. The molecule has 1 atom stereocenters. The smallest absolute Gasteiger partial charge is 0.422 e. The summed E-state index contributed by atoms with van der Waals surface area (Å²) in [5.74, 6) is 2.36. The summed E-state index contributed by atoms with van der Waals surface area (Å²) in [7, 11) is 1.64. The Morgan fingerprint density at radius 1 is 1.04 bits per heavy atom. The van der Waals surface area contributed by atoms with Crippen molar-refractivity contribution in [2.45, 2.75) is 96.2 Å². The predicted octanol–water partition coefficient (Wildman–Crippen LogP) is 6.01. The molecule has 1 aromatic carbocycles. The number of ether oxygens (including phenoxy) is 3. The van der Waals surface area contributed by atoms with Crippen molar-refractivity contribution in [2.24, 2.45) is 11.8 Å². The quantitative estimate of drug-likeness (QED) is 0.266. The first-order valence-electron chi connectivity index (χ1n) is 16.4. The van der Waals surface area contributed by atoms with Crippen LogP contribution in [0.2, 0.25) is 0 Å². The molecule has 2 amide bonds. The molecule has 3 fully saturated rings. The van der Waals surface area contributed by atoms with E-state index < -0.39 is 11.7 Å². The Balaban J connectivity index is 1.11. The second-order valence-electron chi connectivity index (χ2n) is 13.7. The van der Waals surface area contributed by atoms with Crippen LogP contribution in [0.5, 0.6) is 11.5 Å². The maximum atomic E-state index is 13.6. The fourth-order valence-corrected chi connectivity index (χ4v) is 6.67. The van der Waals surface area contributed by atoms with Crippen LogP contribution in [0, 0.1) is 11.8 Å². The van der Waals surface area contributed by atoms with Crippen molar-refractivity contribution < 1.29 is 23.8 Å². The van der Waals surface area contributed by atoms with Crippen LogP contribution in [0.25, 0.3) is 22.3 Å². The highest BCUT2D eigenvalue weighted by molar-refractivity contribution is 6.08. The van der Waals surface area contributed by atoms with Gasteiger partial charge in [0.1, 0.15) is 34.6 Å². The van der Waals surface area contributed by atoms with E-state index in [-0.39, 0.29) is 18.0 Å². The lowest BCUT2D eigenvalue weighted by Crippen LogP contribution is -2.55. The number of fused-ring (bicyclic) bond motifs is 1. The number of methoxy groups -OCH3 is 1. The van der Waals surface area contributed by atoms with Gasteiger partial charge in [-0.05, 0) is 102 Å². The van der Waals surface area contributed by atoms with E-state index in [9.17, 15) is 9.59 Å². The maximum Gasteiger partial charge on any atom is 0.422 e. The number of piperidine rings is 1. The number of carbonyl (C=O) groups is 2. The monoisotopic (exact) mass is 618 g/mol. The number of hydrogen-bond donors (Lipinski definition) is 3. The van der Waals surface area contributed by atoms with Crippen LogP contribution in [-0.4, -0.2) is 69.9 Å². The van der Waals surface area contributed by atoms with Gasteiger partial charge >= 0.3 is 6.09 Å². The Labute approximate surface area is 264 Å². The van der Waals surface area contributed by atoms with E-state index in [0.717, 1.165) is 62.8 Å². The molecule has 1 unspecified atom stereocenters. The number of rotatable bonds is 9. The second kappa shape index (κ2) is 13.2. The highest BCUT2D eigenvalue weighted by Crippen LogP contribution is 2.38. The van der Waals surface area contributed by atoms with Crippen molar-refractivity contribution in [3.05, 3.63) is 36.3 Å². The summed E-state index contributed by atoms with van der Waals surface area (Å²) in [6.07, 6.45) is 12.2. The van der Waals surface area contributed by atoms with Crippen molar-refractivity contribution in [2.75, 3.05) is 20.3 Å². The molecular formula is C34H46N6O5. The fourth-order valence-electron chi connectivity index (χ4n) is 6.67. The van der Waals surface area contributed by atoms with E-state index in [1.165, 1.54) is 19.2 Å². The number of amides is 2. The molecule has 11 nitrogen and oxygen atoms in total. The van der Waals surface area contributed by atoms with Crippen LogP contribution in [0.15, 0.2) is 30.7 Å². The Morgan fingerprint density at radius 3 is 2.58 bits per heavy atom. The first-order valence-corrected chi connectivity index (χ1v) is 16.4. The molecule has 0 bridgehead atoms. The maximum absolute atomic E-state index is 13.6. The molecule has 3 N–H and O–H groups in total. The zero-order chi connectivity index (χ0) is 31.6. The lowest BCUT2D eigenvalue weighted by Gasteiger charge is -2.42. The summed E-state index contributed by atoms with van der Waals surface area (Å²) in [6.45, 7) is 7.13. The molecule has 0 spiro atoms. The number of carbonyl (C=O) groups excluding carboxylic acids is 2. The molecule has 2 saturated carbocycles. The van der Waals surface area contributed by atoms with E-state index in [4.69, 9.17) is 14.2 Å². The Kier molecular flexibility index (Phi) is 9.16. The van der Waals surface area contributed by atoms with Crippen molar-refractivity contribution in [3.8, 4) is 22.8 Å². The summed E-state index contributed by atoms with van der Waals surface area (Å²) in [5.41, 5.74) is 5.71. The number of aromatic amines is 1. The number of nitrogens with one attached hydrogen (secondary N) is 3. The molecule has 242 valence electrons. The fraction of sp³-hybridized carbons (Fsp3) is 0.588. The van der Waals surface area contributed by atoms with Crippen molar-refractivity contribution in [3.63, 3.8) is 0 Å². The summed E-state index contributed by atoms with van der Waals surface area (Å²) in [6, 6.07) is 6.07. The average Bonchev–Trinajstić information content (AvgIpc) is 3.75. The number of nitrogens with zero attached hydrogens (tertiary/aromatic N) is 3. The minimum absolute atomic E-state index is 0.0803. The van der Waals surface area contributed by atoms with Crippen LogP contribution in [0.3, 0.4) is 0 Å². The number of hydrazine groups is 1. The Morgan fingerprint density at radius 2 is 1.84 bits per heavy atom. The molecule has 6 rings (SSSR count). The largest absolute Gasteiger partial charge is 0.497 e. The predicted molar refractivity (Wildman–Crippen MR) is 171 cm³/mol. The third-order valence-corrected chi connectivity index (χ3v) is 9.16. The van der Waals surface area contributed by atoms with Crippen molar-refractivity contribution in [1.29, 1.82) is 0 Å². The standard InChI is InChI=1S/C34H46N6O5/c1-34(2,3)45-33(42)39-40-16-6-5-7-27(40)22-10-12-23(13-11-22)38-32(41)26-18-35-31-29(36-20-37-30(26)31)25-17-24(43-4)14-15-28(25)44-19-21-8-9-21/h14-15,17-18,20-23,27,35H,5-13,16,19H2,1-4H3,(H,38,41)(H,39,42). The highest BCUT2D eigenvalue weighted by Gasteiger charge is 2.35. The summed E-state index contributed by atoms with van der Waals surface area (Å²) in [4.78, 5) is 38.4. The topological polar surface area (TPSA) is 131 Å². The first-order chi connectivity index (χ1) is 21.7. The third-order valence-electron chi connectivity index (χ3n) is 9.16. The zero-order valence-corrected chi connectivity index (χ0v) is 26.9. The van der Waals surface area contributed by atoms with Gasteiger partial charge < -0.3 is 24.5 Å². The summed E-state index contributed by atoms with van der Waals surface area (Å²) >= 11 is 0. The number of H-pyrrole nitrogens is 1. The van der Waals surface area contributed by atoms with Gasteiger partial charge in [-0.1, -0.05) is 6.42 Å². The molecule has 3 heterocycles. The second-order valence-corrected chi connectivity index (χ2v) is 13.7. The molecular weight excluding hydrogens is 572 g/mol. The van der Waals surface area contributed by atoms with Gasteiger partial charge in [-0.15, -0.1) is 0 Å². The molecule has 2 aliphatic carbocycles. The van der Waals surface area contributed by atoms with Gasteiger partial charge in [-0.25, -0.2) is 19.8 Å². The minimum Gasteiger partial charge on any atom is -0.497 e. The molecule has 3 aromatic rings. The van der Waals surface area contributed by atoms with E-state index in [1.54, 1.807) is 13.3 Å². The molecule has 45 heavy (non-hydrogen) atoms. The number of benzene rings is 1. The van der Waals surface area contributed by atoms with Gasteiger partial charge in [0.2, 0.25) is 0 Å². The van der Waals surface area contributed by atoms with Gasteiger partial charge in [-0.3, -0.25) is 10.2 Å². The van der Waals surface area contributed by atoms with Gasteiger partial charge in [0.15, 0.2) is 0 Å². The number of hydrogen-bond acceptors (Lipinski definition) is 8. The van der Waals surface area contributed by atoms with E-state index >= 15 is 0 Å². The van der Waals surface area contributed by atoms with Crippen LogP contribution in [-0.2, 0) is 4.74 Å². The molecule has 11 heteroatoms. The summed E-state index contributed by atoms with van der Waals surface area (Å²) in [5, 5.41) is 5.36. The molecule has 2 aromatic heterocycles. The van der Waals surface area contributed by atoms with Gasteiger partial charge in [0, 0.05) is 30.4 Å². The third kappa shape index (κ3) is 7.52. The van der Waals surface area contributed by atoms with Gasteiger partial charge in [0.25, 0.3) is 5.91 Å². The number of aromatic nitrogens is 3. The first kappa shape index (κ1) is 31.1. The summed E-state index contributed by atoms with van der Waals surface area (Å²) < 4.78 is 17.2. The van der Waals surface area contributed by atoms with Gasteiger partial charge in [-0.2, -0.15) is 0 Å². The van der Waals surface area contributed by atoms with Crippen LogP contribution in [0.1, 0.15) is 88.9 Å². The Bertz CT molecular complexity index is 1500. The lowest BCUT2D eigenvalue weighted by atomic mass is 9.78. The van der Waals surface area contributed by atoms with Crippen LogP contribution in [0.4, 0.5) is 4.79 Å². The van der Waals surface area contributed by atoms with Crippen molar-refractivity contribution >= 4 is 23.0 Å². The zero-order valence-electron chi connectivity index (χ0n) is 26.9. The molecule has 1 aliphatic heterocycles. The van der Waals surface area contributed by atoms with E-state index in [1.807, 2.05) is 39.0 Å². The highest BCUT2D eigenvalue weighted by atomic mass is 16.6. The van der Waals surface area contributed by atoms with Crippen LogP contribution >= 0.6 is 0 Å². The van der Waals surface area contributed by atoms with Crippen LogP contribution < -0.4 is 20.2 Å². The lowest BCUT2D eigenvalue weighted by molar-refractivity contribution is -0.000157. The van der Waals surface area contributed by atoms with Crippen molar-refractivity contribution in [1.82, 2.24) is 30.7 Å². The molecule has 3 aliphatic rings. The van der Waals surface area contributed by atoms with E-state index in [0.29, 0.717) is 46.5 Å². The van der Waals surface area contributed by atoms with E-state index in [2.05, 4.69) is 30.7 Å².